The maximum Gasteiger partial charge on any atom is 0.244 e. The summed E-state index contributed by atoms with van der Waals surface area (Å²) in [5, 5.41) is 3.28. The highest BCUT2D eigenvalue weighted by Gasteiger charge is 2.31. The van der Waals surface area contributed by atoms with E-state index in [-0.39, 0.29) is 11.9 Å². The van der Waals surface area contributed by atoms with Crippen LogP contribution in [0.25, 0.3) is 0 Å². The largest absolute Gasteiger partial charge is 0.348 e. The molecule has 5 nitrogen and oxygen atoms in total. The fraction of sp³-hybridized carbons (Fsp3) is 0.316. The molecule has 0 heterocycles. The van der Waals surface area contributed by atoms with Gasteiger partial charge in [0.25, 0.3) is 0 Å². The molecular formula is C19H23ClN2O3S. The Balaban J connectivity index is 2.31. The van der Waals surface area contributed by atoms with Crippen molar-refractivity contribution < 1.29 is 13.2 Å². The zero-order valence-corrected chi connectivity index (χ0v) is 16.8. The lowest BCUT2D eigenvalue weighted by molar-refractivity contribution is -0.122. The molecular weight excluding hydrogens is 372 g/mol. The van der Waals surface area contributed by atoms with Crippen LogP contribution in [-0.2, 0) is 14.8 Å². The maximum absolute atomic E-state index is 12.7. The van der Waals surface area contributed by atoms with Crippen LogP contribution in [0.15, 0.2) is 48.5 Å². The zero-order chi connectivity index (χ0) is 19.5. The second kappa shape index (κ2) is 8.10. The number of hydrogen-bond donors (Lipinski definition) is 1. The van der Waals surface area contributed by atoms with Gasteiger partial charge in [0, 0.05) is 5.02 Å². The van der Waals surface area contributed by atoms with Crippen molar-refractivity contribution in [3.8, 4) is 0 Å². The molecule has 0 aliphatic rings. The molecule has 0 saturated carbocycles. The molecule has 2 atom stereocenters. The highest BCUT2D eigenvalue weighted by atomic mass is 35.5. The lowest BCUT2D eigenvalue weighted by Crippen LogP contribution is -2.48. The van der Waals surface area contributed by atoms with Crippen molar-refractivity contribution >= 4 is 33.2 Å². The van der Waals surface area contributed by atoms with Crippen molar-refractivity contribution in [1.29, 1.82) is 0 Å². The molecule has 26 heavy (non-hydrogen) atoms. The monoisotopic (exact) mass is 394 g/mol. The first-order chi connectivity index (χ1) is 12.1. The van der Waals surface area contributed by atoms with Crippen molar-refractivity contribution in [1.82, 2.24) is 5.32 Å². The van der Waals surface area contributed by atoms with E-state index < -0.39 is 16.1 Å². The molecule has 0 spiro atoms. The van der Waals surface area contributed by atoms with Crippen LogP contribution in [0.2, 0.25) is 5.02 Å². The predicted octanol–water partition coefficient (Wildman–Crippen LogP) is 3.68. The molecule has 7 heteroatoms. The summed E-state index contributed by atoms with van der Waals surface area (Å²) in [4.78, 5) is 12.7. The summed E-state index contributed by atoms with van der Waals surface area (Å²) in [6, 6.07) is 13.3. The van der Waals surface area contributed by atoms with Crippen LogP contribution >= 0.6 is 11.6 Å². The number of amides is 1. The van der Waals surface area contributed by atoms with Gasteiger partial charge in [-0.05, 0) is 44.0 Å². The molecule has 0 radical (unpaired) electrons. The van der Waals surface area contributed by atoms with Gasteiger partial charge in [0.15, 0.2) is 0 Å². The Bertz CT molecular complexity index is 885. The van der Waals surface area contributed by atoms with Crippen LogP contribution in [0.4, 0.5) is 5.69 Å². The molecule has 1 N–H and O–H groups in total. The van der Waals surface area contributed by atoms with E-state index in [0.717, 1.165) is 21.7 Å². The maximum atomic E-state index is 12.7. The molecule has 2 aromatic rings. The van der Waals surface area contributed by atoms with Crippen molar-refractivity contribution in [2.45, 2.75) is 32.9 Å². The Morgan fingerprint density at radius 1 is 1.12 bits per heavy atom. The summed E-state index contributed by atoms with van der Waals surface area (Å²) in [6.07, 6.45) is 1.08. The summed E-state index contributed by atoms with van der Waals surface area (Å²) < 4.78 is 25.9. The Labute approximate surface area is 160 Å². The SMILES string of the molecule is Cc1ccc(Cl)cc1N([C@H](C)C(=O)N[C@H](C)c1ccccc1)S(C)(=O)=O. The van der Waals surface area contributed by atoms with E-state index in [2.05, 4.69) is 5.32 Å². The summed E-state index contributed by atoms with van der Waals surface area (Å²) in [5.74, 6) is -0.383. The van der Waals surface area contributed by atoms with Gasteiger partial charge in [0.2, 0.25) is 15.9 Å². The molecule has 140 valence electrons. The van der Waals surface area contributed by atoms with Gasteiger partial charge >= 0.3 is 0 Å². The summed E-state index contributed by atoms with van der Waals surface area (Å²) >= 11 is 6.04. The average molecular weight is 395 g/mol. The quantitative estimate of drug-likeness (QED) is 0.812. The van der Waals surface area contributed by atoms with E-state index in [1.165, 1.54) is 0 Å². The van der Waals surface area contributed by atoms with E-state index in [9.17, 15) is 13.2 Å². The molecule has 0 saturated heterocycles. The number of halogens is 1. The second-order valence-electron chi connectivity index (χ2n) is 6.31. The van der Waals surface area contributed by atoms with E-state index in [1.54, 1.807) is 32.0 Å². The van der Waals surface area contributed by atoms with Crippen molar-refractivity contribution in [2.75, 3.05) is 10.6 Å². The molecule has 0 fully saturated rings. The third-order valence-electron chi connectivity index (χ3n) is 4.16. The molecule has 0 bridgehead atoms. The molecule has 0 aliphatic carbocycles. The Morgan fingerprint density at radius 3 is 2.31 bits per heavy atom. The van der Waals surface area contributed by atoms with E-state index in [4.69, 9.17) is 11.6 Å². The lowest BCUT2D eigenvalue weighted by atomic mass is 10.1. The van der Waals surface area contributed by atoms with E-state index in [1.807, 2.05) is 37.3 Å². The van der Waals surface area contributed by atoms with Crippen LogP contribution in [0, 0.1) is 6.92 Å². The molecule has 2 aromatic carbocycles. The van der Waals surface area contributed by atoms with Gasteiger partial charge in [-0.25, -0.2) is 8.42 Å². The van der Waals surface area contributed by atoms with E-state index in [0.29, 0.717) is 10.7 Å². The number of nitrogens with zero attached hydrogens (tertiary/aromatic N) is 1. The highest BCUT2D eigenvalue weighted by Crippen LogP contribution is 2.28. The van der Waals surface area contributed by atoms with Crippen molar-refractivity contribution in [2.24, 2.45) is 0 Å². The van der Waals surface area contributed by atoms with Gasteiger partial charge in [-0.3, -0.25) is 9.10 Å². The minimum atomic E-state index is -3.69. The van der Waals surface area contributed by atoms with Gasteiger partial charge in [-0.15, -0.1) is 0 Å². The van der Waals surface area contributed by atoms with Crippen LogP contribution in [0.1, 0.15) is 31.0 Å². The topological polar surface area (TPSA) is 66.5 Å². The van der Waals surface area contributed by atoms with Gasteiger partial charge in [0.05, 0.1) is 18.0 Å². The fourth-order valence-electron chi connectivity index (χ4n) is 2.76. The number of sulfonamides is 1. The molecule has 2 rings (SSSR count). The normalized spacial score (nSPS) is 13.7. The number of anilines is 1. The third kappa shape index (κ3) is 4.77. The highest BCUT2D eigenvalue weighted by molar-refractivity contribution is 7.92. The summed E-state index contributed by atoms with van der Waals surface area (Å²) in [6.45, 7) is 5.20. The first-order valence-corrected chi connectivity index (χ1v) is 10.4. The van der Waals surface area contributed by atoms with Crippen molar-refractivity contribution in [3.05, 3.63) is 64.7 Å². The standard InChI is InChI=1S/C19H23ClN2O3S/c1-13-10-11-17(20)12-18(13)22(26(4,24)25)15(3)19(23)21-14(2)16-8-6-5-7-9-16/h5-12,14-15H,1-4H3,(H,21,23)/t14-,15-/m1/s1. The number of carbonyl (C=O) groups is 1. The number of rotatable bonds is 6. The van der Waals surface area contributed by atoms with Gasteiger partial charge in [-0.1, -0.05) is 48.0 Å². The first kappa shape index (κ1) is 20.3. The lowest BCUT2D eigenvalue weighted by Gasteiger charge is -2.30. The third-order valence-corrected chi connectivity index (χ3v) is 5.62. The number of carbonyl (C=O) groups excluding carboxylic acids is 1. The molecule has 0 aliphatic heterocycles. The molecule has 0 aromatic heterocycles. The number of nitrogens with one attached hydrogen (secondary N) is 1. The van der Waals surface area contributed by atoms with Crippen LogP contribution < -0.4 is 9.62 Å². The van der Waals surface area contributed by atoms with E-state index >= 15 is 0 Å². The Hall–Kier alpha value is -2.05. The number of aryl methyl sites for hydroxylation is 1. The molecule has 1 amide bonds. The minimum Gasteiger partial charge on any atom is -0.348 e. The smallest absolute Gasteiger partial charge is 0.244 e. The van der Waals surface area contributed by atoms with Gasteiger partial charge in [0.1, 0.15) is 6.04 Å². The summed E-state index contributed by atoms with van der Waals surface area (Å²) in [5.41, 5.74) is 2.06. The van der Waals surface area contributed by atoms with Gasteiger partial charge < -0.3 is 5.32 Å². The Morgan fingerprint density at radius 2 is 1.73 bits per heavy atom. The number of hydrogen-bond acceptors (Lipinski definition) is 3. The summed E-state index contributed by atoms with van der Waals surface area (Å²) in [7, 11) is -3.69. The van der Waals surface area contributed by atoms with Crippen molar-refractivity contribution in [3.63, 3.8) is 0 Å². The number of benzene rings is 2. The average Bonchev–Trinajstić information content (AvgIpc) is 2.57. The van der Waals surface area contributed by atoms with Gasteiger partial charge in [-0.2, -0.15) is 0 Å². The Kier molecular flexibility index (Phi) is 6.31. The second-order valence-corrected chi connectivity index (χ2v) is 8.60. The predicted molar refractivity (Wildman–Crippen MR) is 106 cm³/mol. The zero-order valence-electron chi connectivity index (χ0n) is 15.2. The minimum absolute atomic E-state index is 0.243. The fourth-order valence-corrected chi connectivity index (χ4v) is 4.15. The van der Waals surface area contributed by atoms with Crippen LogP contribution in [0.3, 0.4) is 0 Å². The van der Waals surface area contributed by atoms with Crippen LogP contribution in [0.5, 0.6) is 0 Å². The first-order valence-electron chi connectivity index (χ1n) is 8.22. The van der Waals surface area contributed by atoms with Crippen LogP contribution in [-0.4, -0.2) is 26.6 Å². The molecule has 0 unspecified atom stereocenters.